The third-order valence-electron chi connectivity index (χ3n) is 4.68. The molecule has 1 heterocycles. The number of hydrogen-bond acceptors (Lipinski definition) is 3. The molecule has 0 radical (unpaired) electrons. The topological polar surface area (TPSA) is 38.5 Å². The number of nitrogens with zero attached hydrogens (tertiary/aromatic N) is 1. The molecule has 2 N–H and O–H groups in total. The Morgan fingerprint density at radius 1 is 1.24 bits per heavy atom. The molecule has 0 amide bonds. The van der Waals surface area contributed by atoms with Gasteiger partial charge in [-0.2, -0.15) is 0 Å². The zero-order valence-corrected chi connectivity index (χ0v) is 11.5. The van der Waals surface area contributed by atoms with Gasteiger partial charge in [0.15, 0.2) is 0 Å². The maximum Gasteiger partial charge on any atom is 0.0624 e. The first-order chi connectivity index (χ1) is 8.12. The number of ether oxygens (including phenoxy) is 1. The van der Waals surface area contributed by atoms with E-state index >= 15 is 0 Å². The molecular formula is C14H28N2O. The van der Waals surface area contributed by atoms with Crippen LogP contribution in [0.15, 0.2) is 0 Å². The lowest BCUT2D eigenvalue weighted by Crippen LogP contribution is -2.48. The Bertz CT molecular complexity index is 238. The summed E-state index contributed by atoms with van der Waals surface area (Å²) in [5.74, 6) is 0. The molecule has 3 nitrogen and oxygen atoms in total. The smallest absolute Gasteiger partial charge is 0.0624 e. The molecule has 2 atom stereocenters. The lowest BCUT2D eigenvalue weighted by Gasteiger charge is -2.36. The molecule has 0 spiro atoms. The molecule has 1 aliphatic carbocycles. The van der Waals surface area contributed by atoms with Gasteiger partial charge in [0.05, 0.1) is 13.2 Å². The SMILES string of the molecule is CN(CC1(C)COCC1N)C1CCCCCC1. The molecular weight excluding hydrogens is 212 g/mol. The van der Waals surface area contributed by atoms with Gasteiger partial charge in [-0.15, -0.1) is 0 Å². The Balaban J connectivity index is 1.88. The van der Waals surface area contributed by atoms with Gasteiger partial charge < -0.3 is 15.4 Å². The van der Waals surface area contributed by atoms with Crippen molar-refractivity contribution in [1.82, 2.24) is 4.90 Å². The van der Waals surface area contributed by atoms with Crippen LogP contribution in [-0.2, 0) is 4.74 Å². The third kappa shape index (κ3) is 3.21. The highest BCUT2D eigenvalue weighted by atomic mass is 16.5. The van der Waals surface area contributed by atoms with E-state index < -0.39 is 0 Å². The van der Waals surface area contributed by atoms with Crippen LogP contribution in [0.5, 0.6) is 0 Å². The standard InChI is InChI=1S/C14H28N2O/c1-14(11-17-9-13(14)15)10-16(2)12-7-5-3-4-6-8-12/h12-13H,3-11,15H2,1-2H3. The lowest BCUT2D eigenvalue weighted by atomic mass is 9.84. The van der Waals surface area contributed by atoms with Gasteiger partial charge in [-0.25, -0.2) is 0 Å². The highest BCUT2D eigenvalue weighted by Crippen LogP contribution is 2.30. The van der Waals surface area contributed by atoms with Crippen molar-refractivity contribution >= 4 is 0 Å². The summed E-state index contributed by atoms with van der Waals surface area (Å²) in [4.78, 5) is 2.54. The van der Waals surface area contributed by atoms with E-state index in [1.165, 1.54) is 38.5 Å². The van der Waals surface area contributed by atoms with Crippen molar-refractivity contribution in [1.29, 1.82) is 0 Å². The molecule has 1 saturated carbocycles. The second-order valence-corrected chi connectivity index (χ2v) is 6.34. The van der Waals surface area contributed by atoms with E-state index in [2.05, 4.69) is 18.9 Å². The quantitative estimate of drug-likeness (QED) is 0.767. The van der Waals surface area contributed by atoms with E-state index in [9.17, 15) is 0 Å². The Kier molecular flexibility index (Phi) is 4.45. The minimum atomic E-state index is 0.154. The molecule has 0 aromatic rings. The van der Waals surface area contributed by atoms with Crippen molar-refractivity contribution in [3.63, 3.8) is 0 Å². The first kappa shape index (κ1) is 13.3. The molecule has 2 fully saturated rings. The summed E-state index contributed by atoms with van der Waals surface area (Å²) in [6.45, 7) is 4.91. The predicted octanol–water partition coefficient (Wildman–Crippen LogP) is 2.00. The first-order valence-corrected chi connectivity index (χ1v) is 7.15. The molecule has 2 unspecified atom stereocenters. The van der Waals surface area contributed by atoms with Crippen LogP contribution in [0.25, 0.3) is 0 Å². The van der Waals surface area contributed by atoms with Gasteiger partial charge in [-0.1, -0.05) is 32.6 Å². The zero-order valence-electron chi connectivity index (χ0n) is 11.5. The minimum Gasteiger partial charge on any atom is -0.379 e. The van der Waals surface area contributed by atoms with Crippen molar-refractivity contribution < 1.29 is 4.74 Å². The van der Waals surface area contributed by atoms with E-state index in [0.29, 0.717) is 0 Å². The molecule has 0 aromatic heterocycles. The molecule has 2 aliphatic rings. The van der Waals surface area contributed by atoms with Crippen molar-refractivity contribution in [2.24, 2.45) is 11.1 Å². The zero-order chi connectivity index (χ0) is 12.3. The normalized spacial score (nSPS) is 36.4. The molecule has 1 saturated heterocycles. The van der Waals surface area contributed by atoms with Crippen LogP contribution in [0.1, 0.15) is 45.4 Å². The summed E-state index contributed by atoms with van der Waals surface area (Å²) in [6.07, 6.45) is 8.36. The van der Waals surface area contributed by atoms with Crippen molar-refractivity contribution in [2.75, 3.05) is 26.8 Å². The predicted molar refractivity (Wildman–Crippen MR) is 71.0 cm³/mol. The van der Waals surface area contributed by atoms with Crippen molar-refractivity contribution in [3.8, 4) is 0 Å². The number of nitrogens with two attached hydrogens (primary N) is 1. The van der Waals surface area contributed by atoms with E-state index in [0.717, 1.165) is 25.8 Å². The monoisotopic (exact) mass is 240 g/mol. The largest absolute Gasteiger partial charge is 0.379 e. The highest BCUT2D eigenvalue weighted by molar-refractivity contribution is 4.93. The van der Waals surface area contributed by atoms with Gasteiger partial charge in [0.1, 0.15) is 0 Å². The van der Waals surface area contributed by atoms with Crippen LogP contribution in [0.2, 0.25) is 0 Å². The summed E-state index contributed by atoms with van der Waals surface area (Å²) in [5, 5.41) is 0. The second kappa shape index (κ2) is 5.68. The van der Waals surface area contributed by atoms with Gasteiger partial charge in [-0.05, 0) is 19.9 Å². The van der Waals surface area contributed by atoms with Gasteiger partial charge >= 0.3 is 0 Å². The van der Waals surface area contributed by atoms with E-state index in [-0.39, 0.29) is 11.5 Å². The van der Waals surface area contributed by atoms with Gasteiger partial charge in [0.25, 0.3) is 0 Å². The fourth-order valence-corrected chi connectivity index (χ4v) is 3.29. The Labute approximate surface area is 106 Å². The van der Waals surface area contributed by atoms with Crippen molar-refractivity contribution in [3.05, 3.63) is 0 Å². The average molecular weight is 240 g/mol. The summed E-state index contributed by atoms with van der Waals surface area (Å²) < 4.78 is 5.53. The van der Waals surface area contributed by atoms with Crippen molar-refractivity contribution in [2.45, 2.75) is 57.5 Å². The maximum absolute atomic E-state index is 6.17. The Hall–Kier alpha value is -0.120. The molecule has 0 aromatic carbocycles. The summed E-state index contributed by atoms with van der Waals surface area (Å²) >= 11 is 0. The third-order valence-corrected chi connectivity index (χ3v) is 4.68. The van der Waals surface area contributed by atoms with Crippen LogP contribution < -0.4 is 5.73 Å². The summed E-state index contributed by atoms with van der Waals surface area (Å²) in [5.41, 5.74) is 6.32. The van der Waals surface area contributed by atoms with Crippen LogP contribution in [0.3, 0.4) is 0 Å². The second-order valence-electron chi connectivity index (χ2n) is 6.34. The average Bonchev–Trinajstić information content (AvgIpc) is 2.55. The first-order valence-electron chi connectivity index (χ1n) is 7.15. The Morgan fingerprint density at radius 2 is 1.88 bits per heavy atom. The number of hydrogen-bond donors (Lipinski definition) is 1. The molecule has 2 rings (SSSR count). The van der Waals surface area contributed by atoms with Crippen LogP contribution >= 0.6 is 0 Å². The fraction of sp³-hybridized carbons (Fsp3) is 1.00. The van der Waals surface area contributed by atoms with Crippen LogP contribution in [-0.4, -0.2) is 43.8 Å². The van der Waals surface area contributed by atoms with Gasteiger partial charge in [0, 0.05) is 24.0 Å². The van der Waals surface area contributed by atoms with E-state index in [1.807, 2.05) is 0 Å². The summed E-state index contributed by atoms with van der Waals surface area (Å²) in [6, 6.07) is 0.970. The van der Waals surface area contributed by atoms with Crippen LogP contribution in [0.4, 0.5) is 0 Å². The maximum atomic E-state index is 6.17. The van der Waals surface area contributed by atoms with Crippen LogP contribution in [0, 0.1) is 5.41 Å². The van der Waals surface area contributed by atoms with Gasteiger partial charge in [-0.3, -0.25) is 0 Å². The molecule has 3 heteroatoms. The number of rotatable bonds is 3. The summed E-state index contributed by atoms with van der Waals surface area (Å²) in [7, 11) is 2.27. The minimum absolute atomic E-state index is 0.154. The fourth-order valence-electron chi connectivity index (χ4n) is 3.29. The van der Waals surface area contributed by atoms with E-state index in [4.69, 9.17) is 10.5 Å². The molecule has 100 valence electrons. The molecule has 1 aliphatic heterocycles. The molecule has 17 heavy (non-hydrogen) atoms. The Morgan fingerprint density at radius 3 is 2.41 bits per heavy atom. The molecule has 0 bridgehead atoms. The van der Waals surface area contributed by atoms with E-state index in [1.54, 1.807) is 0 Å². The highest BCUT2D eigenvalue weighted by Gasteiger charge is 2.39. The van der Waals surface area contributed by atoms with Gasteiger partial charge in [0.2, 0.25) is 0 Å². The lowest BCUT2D eigenvalue weighted by molar-refractivity contribution is 0.105.